The van der Waals surface area contributed by atoms with Gasteiger partial charge in [0, 0.05) is 36.5 Å². The predicted molar refractivity (Wildman–Crippen MR) is 75.6 cm³/mol. The molecule has 1 aliphatic rings. The van der Waals surface area contributed by atoms with E-state index in [1.807, 2.05) is 6.92 Å². The molecule has 6 nitrogen and oxygen atoms in total. The van der Waals surface area contributed by atoms with Crippen LogP contribution in [0.3, 0.4) is 0 Å². The van der Waals surface area contributed by atoms with E-state index in [1.165, 1.54) is 0 Å². The van der Waals surface area contributed by atoms with Gasteiger partial charge in [-0.25, -0.2) is 0 Å². The van der Waals surface area contributed by atoms with Crippen molar-refractivity contribution in [2.75, 3.05) is 6.61 Å². The van der Waals surface area contributed by atoms with Gasteiger partial charge in [-0.05, 0) is 33.6 Å². The summed E-state index contributed by atoms with van der Waals surface area (Å²) in [4.78, 5) is 15.0. The van der Waals surface area contributed by atoms with Crippen LogP contribution in [-0.2, 0) is 11.3 Å². The topological polar surface area (TPSA) is 77.3 Å². The highest BCUT2D eigenvalue weighted by atomic mass is 16.6. The summed E-state index contributed by atoms with van der Waals surface area (Å²) in [7, 11) is 0. The van der Waals surface area contributed by atoms with Crippen LogP contribution in [0.1, 0.15) is 36.6 Å². The van der Waals surface area contributed by atoms with E-state index in [4.69, 9.17) is 4.74 Å². The Hall–Kier alpha value is -1.53. The Bertz CT molecular complexity index is 499. The molecule has 6 heteroatoms. The van der Waals surface area contributed by atoms with Gasteiger partial charge in [-0.1, -0.05) is 0 Å². The third kappa shape index (κ3) is 3.13. The predicted octanol–water partition coefficient (Wildman–Crippen LogP) is 2.26. The number of hydrogen-bond acceptors (Lipinski definition) is 5. The summed E-state index contributed by atoms with van der Waals surface area (Å²) in [6, 6.07) is 0.424. The van der Waals surface area contributed by atoms with Crippen LogP contribution < -0.4 is 5.32 Å². The lowest BCUT2D eigenvalue weighted by atomic mass is 9.89. The SMILES string of the molecule is CCOC1CC(NCc2ncc(C)c([N+](=O)[O-])c2C)C1. The molecule has 20 heavy (non-hydrogen) atoms. The Morgan fingerprint density at radius 3 is 2.80 bits per heavy atom. The normalized spacial score (nSPS) is 21.6. The minimum atomic E-state index is -0.329. The van der Waals surface area contributed by atoms with Gasteiger partial charge in [-0.3, -0.25) is 15.1 Å². The van der Waals surface area contributed by atoms with Gasteiger partial charge in [0.05, 0.1) is 16.7 Å². The quantitative estimate of drug-likeness (QED) is 0.638. The lowest BCUT2D eigenvalue weighted by Gasteiger charge is -2.35. The zero-order chi connectivity index (χ0) is 14.7. The molecular weight excluding hydrogens is 258 g/mol. The summed E-state index contributed by atoms with van der Waals surface area (Å²) >= 11 is 0. The maximum Gasteiger partial charge on any atom is 0.278 e. The zero-order valence-electron chi connectivity index (χ0n) is 12.2. The summed E-state index contributed by atoms with van der Waals surface area (Å²) in [5.74, 6) is 0. The first-order chi connectivity index (χ1) is 9.52. The summed E-state index contributed by atoms with van der Waals surface area (Å²) in [5, 5.41) is 14.4. The van der Waals surface area contributed by atoms with Gasteiger partial charge in [0.15, 0.2) is 0 Å². The lowest BCUT2D eigenvalue weighted by Crippen LogP contribution is -2.45. The molecule has 110 valence electrons. The molecule has 0 atom stereocenters. The van der Waals surface area contributed by atoms with Crippen molar-refractivity contribution in [3.05, 3.63) is 33.1 Å². The molecule has 0 radical (unpaired) electrons. The smallest absolute Gasteiger partial charge is 0.278 e. The van der Waals surface area contributed by atoms with Crippen molar-refractivity contribution in [2.45, 2.75) is 52.3 Å². The van der Waals surface area contributed by atoms with E-state index in [1.54, 1.807) is 20.0 Å². The van der Waals surface area contributed by atoms with Crippen LogP contribution in [0.15, 0.2) is 6.20 Å². The first kappa shape index (κ1) is 14.9. The van der Waals surface area contributed by atoms with E-state index in [0.717, 1.165) is 25.1 Å². The number of pyridine rings is 1. The van der Waals surface area contributed by atoms with Gasteiger partial charge in [-0.15, -0.1) is 0 Å². The maximum atomic E-state index is 11.1. The molecule has 0 unspecified atom stereocenters. The van der Waals surface area contributed by atoms with Crippen molar-refractivity contribution in [3.8, 4) is 0 Å². The Labute approximate surface area is 118 Å². The number of nitrogens with one attached hydrogen (secondary N) is 1. The Balaban J connectivity index is 1.94. The molecule has 1 fully saturated rings. The van der Waals surface area contributed by atoms with Gasteiger partial charge in [0.2, 0.25) is 0 Å². The largest absolute Gasteiger partial charge is 0.378 e. The number of nitrogens with zero attached hydrogens (tertiary/aromatic N) is 2. The fourth-order valence-electron chi connectivity index (χ4n) is 2.57. The standard InChI is InChI=1S/C14H21N3O3/c1-4-20-12-5-11(6-12)15-8-13-10(3)14(17(18)19)9(2)7-16-13/h7,11-12,15H,4-6,8H2,1-3H3. The Kier molecular flexibility index (Phi) is 4.67. The van der Waals surface area contributed by atoms with Crippen molar-refractivity contribution in [1.29, 1.82) is 0 Å². The number of hydrogen-bond donors (Lipinski definition) is 1. The molecule has 0 amide bonds. The van der Waals surface area contributed by atoms with Crippen LogP contribution in [0.5, 0.6) is 0 Å². The number of rotatable bonds is 6. The minimum Gasteiger partial charge on any atom is -0.378 e. The average molecular weight is 279 g/mol. The molecule has 0 bridgehead atoms. The minimum absolute atomic E-state index is 0.178. The van der Waals surface area contributed by atoms with Gasteiger partial charge in [-0.2, -0.15) is 0 Å². The van der Waals surface area contributed by atoms with E-state index in [-0.39, 0.29) is 10.6 Å². The monoisotopic (exact) mass is 279 g/mol. The fourth-order valence-corrected chi connectivity index (χ4v) is 2.57. The van der Waals surface area contributed by atoms with Crippen LogP contribution in [0.25, 0.3) is 0 Å². The van der Waals surface area contributed by atoms with E-state index < -0.39 is 0 Å². The fraction of sp³-hybridized carbons (Fsp3) is 0.643. The van der Waals surface area contributed by atoms with Crippen LogP contribution in [-0.4, -0.2) is 28.7 Å². The molecule has 0 aromatic carbocycles. The molecule has 2 rings (SSSR count). The molecule has 1 N–H and O–H groups in total. The first-order valence-electron chi connectivity index (χ1n) is 6.97. The summed E-state index contributed by atoms with van der Waals surface area (Å²) < 4.78 is 5.51. The maximum absolute atomic E-state index is 11.1. The second kappa shape index (κ2) is 6.28. The second-order valence-electron chi connectivity index (χ2n) is 5.25. The van der Waals surface area contributed by atoms with Gasteiger partial charge < -0.3 is 10.1 Å². The van der Waals surface area contributed by atoms with E-state index in [9.17, 15) is 10.1 Å². The van der Waals surface area contributed by atoms with Crippen LogP contribution >= 0.6 is 0 Å². The molecule has 0 aliphatic heterocycles. The van der Waals surface area contributed by atoms with Crippen LogP contribution in [0.4, 0.5) is 5.69 Å². The molecule has 1 heterocycles. The number of aromatic nitrogens is 1. The molecule has 1 saturated carbocycles. The number of ether oxygens (including phenoxy) is 1. The zero-order valence-corrected chi connectivity index (χ0v) is 12.2. The van der Waals surface area contributed by atoms with Crippen LogP contribution in [0, 0.1) is 24.0 Å². The van der Waals surface area contributed by atoms with E-state index >= 15 is 0 Å². The molecule has 0 spiro atoms. The van der Waals surface area contributed by atoms with E-state index in [0.29, 0.717) is 29.8 Å². The van der Waals surface area contributed by atoms with E-state index in [2.05, 4.69) is 10.3 Å². The molecular formula is C14H21N3O3. The van der Waals surface area contributed by atoms with Crippen molar-refractivity contribution in [2.24, 2.45) is 0 Å². The molecule has 0 saturated heterocycles. The third-order valence-corrected chi connectivity index (χ3v) is 3.81. The highest BCUT2D eigenvalue weighted by Crippen LogP contribution is 2.26. The summed E-state index contributed by atoms with van der Waals surface area (Å²) in [6.45, 7) is 6.80. The van der Waals surface area contributed by atoms with Gasteiger partial charge >= 0.3 is 0 Å². The lowest BCUT2D eigenvalue weighted by molar-refractivity contribution is -0.386. The van der Waals surface area contributed by atoms with Crippen molar-refractivity contribution in [1.82, 2.24) is 10.3 Å². The summed E-state index contributed by atoms with van der Waals surface area (Å²) in [5.41, 5.74) is 2.19. The Morgan fingerprint density at radius 1 is 1.50 bits per heavy atom. The third-order valence-electron chi connectivity index (χ3n) is 3.81. The van der Waals surface area contributed by atoms with Crippen molar-refractivity contribution < 1.29 is 9.66 Å². The highest BCUT2D eigenvalue weighted by Gasteiger charge is 2.29. The first-order valence-corrected chi connectivity index (χ1v) is 6.97. The van der Waals surface area contributed by atoms with Crippen LogP contribution in [0.2, 0.25) is 0 Å². The number of aryl methyl sites for hydroxylation is 1. The molecule has 1 aromatic heterocycles. The highest BCUT2D eigenvalue weighted by molar-refractivity contribution is 5.47. The Morgan fingerprint density at radius 2 is 2.20 bits per heavy atom. The molecule has 1 aliphatic carbocycles. The summed E-state index contributed by atoms with van der Waals surface area (Å²) in [6.07, 6.45) is 3.94. The number of nitro groups is 1. The van der Waals surface area contributed by atoms with Gasteiger partial charge in [0.1, 0.15) is 0 Å². The average Bonchev–Trinajstić information content (AvgIpc) is 2.33. The van der Waals surface area contributed by atoms with Crippen molar-refractivity contribution >= 4 is 5.69 Å². The van der Waals surface area contributed by atoms with Gasteiger partial charge in [0.25, 0.3) is 5.69 Å². The molecule has 1 aromatic rings. The second-order valence-corrected chi connectivity index (χ2v) is 5.25. The van der Waals surface area contributed by atoms with Crippen molar-refractivity contribution in [3.63, 3.8) is 0 Å².